The summed E-state index contributed by atoms with van der Waals surface area (Å²) in [5.41, 5.74) is -4.41. The van der Waals surface area contributed by atoms with Crippen LogP contribution >= 0.6 is 0 Å². The molecule has 0 heterocycles. The molecular weight excluding hydrogens is 532 g/mol. The van der Waals surface area contributed by atoms with Gasteiger partial charge in [0.15, 0.2) is 11.4 Å². The number of phenolic OH excluding ortho intramolecular Hbond substituents is 1. The summed E-state index contributed by atoms with van der Waals surface area (Å²) in [5.74, 6) is -5.23. The van der Waals surface area contributed by atoms with Crippen LogP contribution in [0.4, 0.5) is 0 Å². The van der Waals surface area contributed by atoms with E-state index in [0.717, 1.165) is 32.1 Å². The lowest BCUT2D eigenvalue weighted by Crippen LogP contribution is -2.75. The van der Waals surface area contributed by atoms with Crippen molar-refractivity contribution in [2.24, 2.45) is 34.5 Å². The Labute approximate surface area is 248 Å². The predicted octanol–water partition coefficient (Wildman–Crippen LogP) is 6.02. The quantitative estimate of drug-likeness (QED) is 0.289. The highest BCUT2D eigenvalue weighted by Gasteiger charge is 2.76. The molecule has 1 aromatic carbocycles. The van der Waals surface area contributed by atoms with Gasteiger partial charge in [0, 0.05) is 28.7 Å². The molecular formula is C35H44O7. The minimum atomic E-state index is -2.69. The number of carbonyl (C=O) groups excluding carboxylic acids is 4. The average Bonchev–Trinajstić information content (AvgIpc) is 2.92. The fraction of sp³-hybridized carbons (Fsp3) is 0.600. The Bertz CT molecular complexity index is 1460. The second-order valence-corrected chi connectivity index (χ2v) is 14.0. The zero-order valence-electron chi connectivity index (χ0n) is 25.8. The van der Waals surface area contributed by atoms with Gasteiger partial charge in [0.2, 0.25) is 11.6 Å². The Kier molecular flexibility index (Phi) is 7.24. The van der Waals surface area contributed by atoms with Gasteiger partial charge in [-0.2, -0.15) is 0 Å². The fourth-order valence-electron chi connectivity index (χ4n) is 9.83. The van der Waals surface area contributed by atoms with Crippen LogP contribution in [0.1, 0.15) is 104 Å². The summed E-state index contributed by atoms with van der Waals surface area (Å²) in [7, 11) is 0. The number of rotatable bonds is 5. The van der Waals surface area contributed by atoms with Gasteiger partial charge in [0.1, 0.15) is 17.3 Å². The van der Waals surface area contributed by atoms with E-state index in [1.807, 2.05) is 27.7 Å². The smallest absolute Gasteiger partial charge is 0.206 e. The van der Waals surface area contributed by atoms with Gasteiger partial charge in [0.25, 0.3) is 0 Å². The highest BCUT2D eigenvalue weighted by molar-refractivity contribution is 6.33. The monoisotopic (exact) mass is 576 g/mol. The summed E-state index contributed by atoms with van der Waals surface area (Å²) in [6.45, 7) is 12.4. The van der Waals surface area contributed by atoms with Crippen molar-refractivity contribution in [2.75, 3.05) is 0 Å². The number of aliphatic hydroxyl groups excluding tert-OH is 1. The third-order valence-electron chi connectivity index (χ3n) is 11.8. The van der Waals surface area contributed by atoms with E-state index in [2.05, 4.69) is 0 Å². The number of hydrogen-bond acceptors (Lipinski definition) is 7. The molecule has 6 atom stereocenters. The lowest BCUT2D eigenvalue weighted by molar-refractivity contribution is -0.198. The van der Waals surface area contributed by atoms with Crippen molar-refractivity contribution in [1.29, 1.82) is 0 Å². The molecule has 0 bridgehead atoms. The lowest BCUT2D eigenvalue weighted by atomic mass is 9.36. The summed E-state index contributed by atoms with van der Waals surface area (Å²) in [5, 5.41) is 35.3. The van der Waals surface area contributed by atoms with E-state index in [9.17, 15) is 34.5 Å². The Hall–Kier alpha value is -3.06. The molecule has 4 aliphatic carbocycles. The first-order valence-electron chi connectivity index (χ1n) is 15.4. The summed E-state index contributed by atoms with van der Waals surface area (Å²) >= 11 is 0. The van der Waals surface area contributed by atoms with Gasteiger partial charge in [-0.3, -0.25) is 19.2 Å². The molecule has 2 fully saturated rings. The number of benzene rings is 1. The summed E-state index contributed by atoms with van der Waals surface area (Å²) in [6.07, 6.45) is 4.58. The number of carbonyl (C=O) groups is 4. The minimum absolute atomic E-state index is 0.0156. The van der Waals surface area contributed by atoms with E-state index < -0.39 is 57.3 Å². The van der Waals surface area contributed by atoms with Crippen molar-refractivity contribution in [3.8, 4) is 5.75 Å². The molecule has 0 aromatic heterocycles. The van der Waals surface area contributed by atoms with E-state index in [0.29, 0.717) is 11.1 Å². The number of allylic oxidation sites excluding steroid dienone is 1. The Balaban J connectivity index is 1.88. The number of Topliss-reactive ketones (excluding diaryl/α,β-unsaturated/α-hetero) is 4. The van der Waals surface area contributed by atoms with Gasteiger partial charge in [-0.1, -0.05) is 71.6 Å². The fourth-order valence-corrected chi connectivity index (χ4v) is 9.83. The van der Waals surface area contributed by atoms with Gasteiger partial charge in [-0.15, -0.1) is 0 Å². The first-order valence-corrected chi connectivity index (χ1v) is 15.4. The van der Waals surface area contributed by atoms with E-state index in [1.165, 1.54) is 13.0 Å². The molecule has 0 saturated heterocycles. The predicted molar refractivity (Wildman–Crippen MR) is 159 cm³/mol. The summed E-state index contributed by atoms with van der Waals surface area (Å²) in [6, 6.07) is 4.91. The van der Waals surface area contributed by atoms with E-state index in [-0.39, 0.29) is 46.5 Å². The van der Waals surface area contributed by atoms with E-state index in [1.54, 1.807) is 26.0 Å². The lowest BCUT2D eigenvalue weighted by Gasteiger charge is -2.66. The standard InChI is InChI=1S/C35H44O7/c1-17(2)28-18(3)26(20(5)36)31(40)35(42)32(41)29-30(39)27-22(14-11-15-23(27)37)19(4)33(29,6)25(34(28,35)7)16-24(38)21-12-9-8-10-13-21/h11,14-15,17,19,21,25,28,37,39,42H,8-10,12-13,16H2,1-7H3/t19-,25-,28+,33-,34-,35+/m0/s1. The maximum absolute atomic E-state index is 14.8. The van der Waals surface area contributed by atoms with E-state index >= 15 is 0 Å². The summed E-state index contributed by atoms with van der Waals surface area (Å²) in [4.78, 5) is 56.2. The van der Waals surface area contributed by atoms with Crippen LogP contribution < -0.4 is 0 Å². The van der Waals surface area contributed by atoms with Crippen molar-refractivity contribution in [3.05, 3.63) is 46.0 Å². The van der Waals surface area contributed by atoms with Crippen LogP contribution in [0, 0.1) is 34.5 Å². The normalized spacial score (nSPS) is 35.2. The van der Waals surface area contributed by atoms with Crippen molar-refractivity contribution in [3.63, 3.8) is 0 Å². The van der Waals surface area contributed by atoms with Crippen LogP contribution in [-0.2, 0) is 19.2 Å². The molecule has 1 aromatic rings. The Morgan fingerprint density at radius 2 is 1.64 bits per heavy atom. The van der Waals surface area contributed by atoms with Gasteiger partial charge in [-0.25, -0.2) is 0 Å². The minimum Gasteiger partial charge on any atom is -0.507 e. The highest BCUT2D eigenvalue weighted by atomic mass is 16.3. The molecule has 2 saturated carbocycles. The Morgan fingerprint density at radius 3 is 2.21 bits per heavy atom. The third-order valence-corrected chi connectivity index (χ3v) is 11.8. The average molecular weight is 577 g/mol. The van der Waals surface area contributed by atoms with Crippen LogP contribution in [-0.4, -0.2) is 44.1 Å². The highest BCUT2D eigenvalue weighted by Crippen LogP contribution is 2.71. The molecule has 5 rings (SSSR count). The number of aliphatic hydroxyl groups is 2. The molecule has 42 heavy (non-hydrogen) atoms. The topological polar surface area (TPSA) is 129 Å². The second-order valence-electron chi connectivity index (χ2n) is 14.0. The van der Waals surface area contributed by atoms with Crippen molar-refractivity contribution in [2.45, 2.75) is 98.5 Å². The van der Waals surface area contributed by atoms with Crippen LogP contribution in [0.5, 0.6) is 5.75 Å². The molecule has 0 amide bonds. The maximum Gasteiger partial charge on any atom is 0.206 e. The summed E-state index contributed by atoms with van der Waals surface area (Å²) < 4.78 is 0. The molecule has 7 nitrogen and oxygen atoms in total. The van der Waals surface area contributed by atoms with Crippen LogP contribution in [0.3, 0.4) is 0 Å². The zero-order valence-corrected chi connectivity index (χ0v) is 25.8. The molecule has 0 aliphatic heterocycles. The molecule has 3 N–H and O–H groups in total. The number of ketones is 4. The van der Waals surface area contributed by atoms with Gasteiger partial charge in [-0.05, 0) is 62.0 Å². The van der Waals surface area contributed by atoms with Gasteiger partial charge in [0.05, 0.1) is 11.1 Å². The van der Waals surface area contributed by atoms with Crippen LogP contribution in [0.25, 0.3) is 5.76 Å². The van der Waals surface area contributed by atoms with Crippen molar-refractivity contribution < 1.29 is 34.5 Å². The van der Waals surface area contributed by atoms with Crippen molar-refractivity contribution in [1.82, 2.24) is 0 Å². The SMILES string of the molecule is CC(=O)C1=C(C)[C@@H](C(C)C)[C@]2(C)[C@@H](CC(=O)C3CCCCC3)[C@@]3(C)C(=C(O)c4c(O)cccc4[C@@H]3C)C(=O)[C@]2(O)C1=O. The van der Waals surface area contributed by atoms with Gasteiger partial charge < -0.3 is 15.3 Å². The molecule has 0 unspecified atom stereocenters. The first kappa shape index (κ1) is 30.4. The number of phenols is 1. The van der Waals surface area contributed by atoms with Crippen molar-refractivity contribution >= 4 is 28.9 Å². The van der Waals surface area contributed by atoms with Gasteiger partial charge >= 0.3 is 0 Å². The number of hydrogen-bond donors (Lipinski definition) is 3. The van der Waals surface area contributed by atoms with E-state index in [4.69, 9.17) is 0 Å². The Morgan fingerprint density at radius 1 is 1.02 bits per heavy atom. The number of aromatic hydroxyl groups is 1. The molecule has 7 heteroatoms. The molecule has 226 valence electrons. The molecule has 0 spiro atoms. The third kappa shape index (κ3) is 3.68. The maximum atomic E-state index is 14.8. The molecule has 0 radical (unpaired) electrons. The first-order chi connectivity index (χ1) is 19.6. The number of fused-ring (bicyclic) bond motifs is 3. The zero-order chi connectivity index (χ0) is 31.1. The van der Waals surface area contributed by atoms with Crippen LogP contribution in [0.15, 0.2) is 34.9 Å². The molecule has 4 aliphatic rings. The largest absolute Gasteiger partial charge is 0.507 e. The second kappa shape index (κ2) is 10.0. The van der Waals surface area contributed by atoms with Crippen LogP contribution in [0.2, 0.25) is 0 Å².